The van der Waals surface area contributed by atoms with Gasteiger partial charge in [0.1, 0.15) is 17.0 Å². The molecule has 0 amide bonds. The van der Waals surface area contributed by atoms with Gasteiger partial charge < -0.3 is 14.0 Å². The van der Waals surface area contributed by atoms with Crippen LogP contribution in [0.2, 0.25) is 0 Å². The number of fused-ring (bicyclic) bond motifs is 1. The van der Waals surface area contributed by atoms with E-state index in [2.05, 4.69) is 9.88 Å². The maximum absolute atomic E-state index is 12.2. The van der Waals surface area contributed by atoms with Crippen LogP contribution >= 0.6 is 0 Å². The largest absolute Gasteiger partial charge is 0.382 e. The molecule has 0 aliphatic carbocycles. The minimum Gasteiger partial charge on any atom is -0.382 e. The molecule has 2 rings (SSSR count). The Balaban J connectivity index is 2.08. The molecule has 1 aromatic carbocycles. The summed E-state index contributed by atoms with van der Waals surface area (Å²) in [5.74, 6) is -0.253. The Bertz CT molecular complexity index is 728. The Morgan fingerprint density at radius 2 is 2.05 bits per heavy atom. The highest BCUT2D eigenvalue weighted by atomic mass is 32.2. The first-order valence-corrected chi connectivity index (χ1v) is 8.39. The molecule has 0 unspecified atom stereocenters. The van der Waals surface area contributed by atoms with Crippen molar-refractivity contribution < 1.29 is 22.4 Å². The van der Waals surface area contributed by atoms with E-state index in [1.54, 1.807) is 25.1 Å². The average Bonchev–Trinajstić information content (AvgIpc) is 2.89. The van der Waals surface area contributed by atoms with Gasteiger partial charge >= 0.3 is 0 Å². The van der Waals surface area contributed by atoms with Crippen molar-refractivity contribution in [2.75, 3.05) is 27.4 Å². The van der Waals surface area contributed by atoms with Gasteiger partial charge in [0.15, 0.2) is 5.58 Å². The van der Waals surface area contributed by atoms with Crippen LogP contribution in [0, 0.1) is 0 Å². The third-order valence-electron chi connectivity index (χ3n) is 3.39. The second-order valence-electron chi connectivity index (χ2n) is 5.29. The van der Waals surface area contributed by atoms with Crippen LogP contribution in [0.4, 0.5) is 0 Å². The molecule has 2 aromatic rings. The van der Waals surface area contributed by atoms with Crippen LogP contribution in [0.3, 0.4) is 0 Å². The number of hydrogen-bond donors (Lipinski definition) is 1. The van der Waals surface area contributed by atoms with Crippen molar-refractivity contribution in [1.82, 2.24) is 9.88 Å². The van der Waals surface area contributed by atoms with Crippen LogP contribution in [-0.4, -0.2) is 46.5 Å². The first-order chi connectivity index (χ1) is 10.4. The molecule has 8 heteroatoms. The van der Waals surface area contributed by atoms with Crippen molar-refractivity contribution in [1.29, 1.82) is 0 Å². The molecule has 1 heterocycles. The number of para-hydroxylation sites is 1. The number of benzene rings is 1. The van der Waals surface area contributed by atoms with Crippen LogP contribution in [0.5, 0.6) is 0 Å². The lowest BCUT2D eigenvalue weighted by Gasteiger charge is -2.27. The number of hydrogen-bond acceptors (Lipinski definition) is 6. The van der Waals surface area contributed by atoms with Crippen LogP contribution in [0.15, 0.2) is 28.8 Å². The number of ether oxygens (including phenoxy) is 2. The van der Waals surface area contributed by atoms with Crippen LogP contribution in [0.25, 0.3) is 11.0 Å². The highest BCUT2D eigenvalue weighted by Gasteiger charge is 2.27. The number of aromatic nitrogens is 1. The molecule has 0 aliphatic heterocycles. The van der Waals surface area contributed by atoms with Gasteiger partial charge in [-0.2, -0.15) is 0 Å². The molecule has 0 fully saturated rings. The molecular formula is C14H20N2O5S. The van der Waals surface area contributed by atoms with Crippen molar-refractivity contribution in [3.05, 3.63) is 30.0 Å². The predicted molar refractivity (Wildman–Crippen MR) is 81.9 cm³/mol. The summed E-state index contributed by atoms with van der Waals surface area (Å²) in [7, 11) is -0.518. The van der Waals surface area contributed by atoms with Gasteiger partial charge in [0.05, 0.1) is 6.61 Å². The van der Waals surface area contributed by atoms with Gasteiger partial charge in [0, 0.05) is 26.2 Å². The van der Waals surface area contributed by atoms with Gasteiger partial charge in [0.25, 0.3) is 0 Å². The summed E-state index contributed by atoms with van der Waals surface area (Å²) >= 11 is 0. The van der Waals surface area contributed by atoms with Gasteiger partial charge in [-0.3, -0.25) is 0 Å². The lowest BCUT2D eigenvalue weighted by atomic mass is 10.1. The summed E-state index contributed by atoms with van der Waals surface area (Å²) < 4.78 is 42.4. The normalized spacial score (nSPS) is 15.0. The van der Waals surface area contributed by atoms with Crippen LogP contribution in [0.1, 0.15) is 12.6 Å². The molecular weight excluding hydrogens is 308 g/mol. The van der Waals surface area contributed by atoms with Crippen molar-refractivity contribution in [3.8, 4) is 0 Å². The Morgan fingerprint density at radius 1 is 1.32 bits per heavy atom. The summed E-state index contributed by atoms with van der Waals surface area (Å²) in [6.07, 6.45) is 0. The molecule has 1 atom stereocenters. The Labute approximate surface area is 129 Å². The molecule has 0 aliphatic rings. The summed E-state index contributed by atoms with van der Waals surface area (Å²) in [6.45, 7) is 2.15. The number of rotatable bonds is 8. The molecule has 1 N–H and O–H groups in total. The summed E-state index contributed by atoms with van der Waals surface area (Å²) in [6, 6.07) is 7.13. The molecule has 1 aromatic heterocycles. The maximum atomic E-state index is 12.2. The molecule has 0 spiro atoms. The van der Waals surface area contributed by atoms with Gasteiger partial charge in [-0.05, 0) is 19.1 Å². The van der Waals surface area contributed by atoms with E-state index >= 15 is 0 Å². The highest BCUT2D eigenvalue weighted by Crippen LogP contribution is 2.19. The lowest BCUT2D eigenvalue weighted by Crippen LogP contribution is -2.45. The smallest absolute Gasteiger partial charge is 0.217 e. The Morgan fingerprint density at radius 3 is 2.73 bits per heavy atom. The molecule has 7 nitrogen and oxygen atoms in total. The van der Waals surface area contributed by atoms with Crippen molar-refractivity contribution in [3.63, 3.8) is 0 Å². The monoisotopic (exact) mass is 328 g/mol. The molecule has 22 heavy (non-hydrogen) atoms. The van der Waals surface area contributed by atoms with Crippen LogP contribution < -0.4 is 4.72 Å². The van der Waals surface area contributed by atoms with Gasteiger partial charge in [0.2, 0.25) is 10.0 Å². The van der Waals surface area contributed by atoms with E-state index in [1.807, 2.05) is 6.07 Å². The SMILES string of the molecule is COC[C@@](C)(CNS(=O)(=O)Cc1noc2ccccc12)OC. The number of nitrogens with zero attached hydrogens (tertiary/aromatic N) is 1. The summed E-state index contributed by atoms with van der Waals surface area (Å²) in [4.78, 5) is 0. The standard InChI is InChI=1S/C14H20N2O5S/c1-14(20-3,10-19-2)9-15-22(17,18)8-12-11-6-4-5-7-13(11)21-16-12/h4-7,15H,8-10H2,1-3H3/t14-/m1/s1. The fraction of sp³-hybridized carbons (Fsp3) is 0.500. The summed E-state index contributed by atoms with van der Waals surface area (Å²) in [5.41, 5.74) is 0.219. The van der Waals surface area contributed by atoms with E-state index in [4.69, 9.17) is 14.0 Å². The number of methoxy groups -OCH3 is 2. The van der Waals surface area contributed by atoms with Gasteiger partial charge in [-0.1, -0.05) is 17.3 Å². The number of nitrogens with one attached hydrogen (secondary N) is 1. The second kappa shape index (κ2) is 6.74. The van der Waals surface area contributed by atoms with Crippen molar-refractivity contribution in [2.45, 2.75) is 18.3 Å². The first kappa shape index (κ1) is 16.9. The quantitative estimate of drug-likeness (QED) is 0.785. The maximum Gasteiger partial charge on any atom is 0.217 e. The van der Waals surface area contributed by atoms with Crippen molar-refractivity contribution in [2.24, 2.45) is 0 Å². The first-order valence-electron chi connectivity index (χ1n) is 6.74. The fourth-order valence-electron chi connectivity index (χ4n) is 2.02. The van der Waals surface area contributed by atoms with Gasteiger partial charge in [-0.15, -0.1) is 0 Å². The molecule has 0 bridgehead atoms. The molecule has 0 saturated heterocycles. The zero-order valence-corrected chi connectivity index (χ0v) is 13.6. The van der Waals surface area contributed by atoms with E-state index in [9.17, 15) is 8.42 Å². The predicted octanol–water partition coefficient (Wildman–Crippen LogP) is 1.30. The Kier molecular flexibility index (Phi) is 5.17. The number of sulfonamides is 1. The van der Waals surface area contributed by atoms with Gasteiger partial charge in [-0.25, -0.2) is 13.1 Å². The highest BCUT2D eigenvalue weighted by molar-refractivity contribution is 7.88. The third kappa shape index (κ3) is 4.04. The second-order valence-corrected chi connectivity index (χ2v) is 7.10. The van der Waals surface area contributed by atoms with Crippen LogP contribution in [-0.2, 0) is 25.2 Å². The van der Waals surface area contributed by atoms with Crippen molar-refractivity contribution >= 4 is 21.0 Å². The fourth-order valence-corrected chi connectivity index (χ4v) is 3.22. The van der Waals surface area contributed by atoms with E-state index in [1.165, 1.54) is 14.2 Å². The molecule has 0 radical (unpaired) electrons. The lowest BCUT2D eigenvalue weighted by molar-refractivity contribution is -0.0460. The van der Waals surface area contributed by atoms with E-state index in [0.717, 1.165) is 0 Å². The van der Waals surface area contributed by atoms with E-state index in [0.29, 0.717) is 16.7 Å². The van der Waals surface area contributed by atoms with E-state index < -0.39 is 15.6 Å². The van der Waals surface area contributed by atoms with E-state index in [-0.39, 0.29) is 18.9 Å². The molecule has 0 saturated carbocycles. The third-order valence-corrected chi connectivity index (χ3v) is 4.63. The minimum absolute atomic E-state index is 0.107. The average molecular weight is 328 g/mol. The zero-order valence-electron chi connectivity index (χ0n) is 12.8. The topological polar surface area (TPSA) is 90.7 Å². The minimum atomic E-state index is -3.57. The molecule has 122 valence electrons. The Hall–Kier alpha value is -1.48. The zero-order chi connectivity index (χ0) is 16.2. The summed E-state index contributed by atoms with van der Waals surface area (Å²) in [5, 5.41) is 4.53.